The van der Waals surface area contributed by atoms with Gasteiger partial charge in [-0.15, -0.1) is 4.13 Å². The predicted molar refractivity (Wildman–Crippen MR) is 65.4 cm³/mol. The fourth-order valence-electron chi connectivity index (χ4n) is 1.36. The summed E-state index contributed by atoms with van der Waals surface area (Å²) in [6.07, 6.45) is 1.24. The van der Waals surface area contributed by atoms with E-state index in [1.54, 1.807) is 23.2 Å². The molecule has 17 heavy (non-hydrogen) atoms. The minimum atomic E-state index is -4.10. The smallest absolute Gasteiger partial charge is 0.253 e. The first-order valence-electron chi connectivity index (χ1n) is 4.77. The molecule has 0 aliphatic rings. The lowest BCUT2D eigenvalue weighted by molar-refractivity contribution is 0.579. The molecule has 0 saturated heterocycles. The van der Waals surface area contributed by atoms with Crippen molar-refractivity contribution in [2.24, 2.45) is 0 Å². The Morgan fingerprint density at radius 3 is 2.29 bits per heavy atom. The van der Waals surface area contributed by atoms with E-state index in [1.807, 2.05) is 0 Å². The van der Waals surface area contributed by atoms with Crippen molar-refractivity contribution in [3.63, 3.8) is 0 Å². The van der Waals surface area contributed by atoms with Crippen LogP contribution in [0.5, 0.6) is 0 Å². The summed E-state index contributed by atoms with van der Waals surface area (Å²) in [5.74, 6) is 0. The van der Waals surface area contributed by atoms with E-state index in [0.717, 1.165) is 6.26 Å². The third-order valence-corrected chi connectivity index (χ3v) is 5.07. The molecule has 3 N–H and O–H groups in total. The van der Waals surface area contributed by atoms with Gasteiger partial charge < -0.3 is 5.73 Å². The number of hydrogen-bond acceptors (Lipinski definition) is 5. The van der Waals surface area contributed by atoms with Crippen molar-refractivity contribution in [2.75, 3.05) is 12.0 Å². The number of anilines is 1. The summed E-state index contributed by atoms with van der Waals surface area (Å²) in [5.41, 5.74) is 6.27. The molecule has 6 nitrogen and oxygen atoms in total. The van der Waals surface area contributed by atoms with Crippen molar-refractivity contribution in [1.82, 2.24) is 4.13 Å². The molecule has 0 unspecified atom stereocenters. The molecule has 0 aliphatic heterocycles. The topological polar surface area (TPSA) is 106 Å². The van der Waals surface area contributed by atoms with E-state index in [9.17, 15) is 16.8 Å². The van der Waals surface area contributed by atoms with E-state index in [1.165, 1.54) is 6.07 Å². The minimum Gasteiger partial charge on any atom is -0.399 e. The van der Waals surface area contributed by atoms with E-state index >= 15 is 0 Å². The van der Waals surface area contributed by atoms with Gasteiger partial charge in [0.25, 0.3) is 10.0 Å². The highest BCUT2D eigenvalue weighted by Gasteiger charge is 2.22. The highest BCUT2D eigenvalue weighted by Crippen LogP contribution is 2.19. The molecule has 0 aliphatic carbocycles. The van der Waals surface area contributed by atoms with Crippen molar-refractivity contribution in [2.45, 2.75) is 18.2 Å². The van der Waals surface area contributed by atoms with Crippen LogP contribution in [0.3, 0.4) is 0 Å². The van der Waals surface area contributed by atoms with E-state index < -0.39 is 20.0 Å². The number of sulfonamides is 2. The Kier molecular flexibility index (Phi) is 3.80. The van der Waals surface area contributed by atoms with Crippen LogP contribution < -0.4 is 9.86 Å². The Hall–Kier alpha value is -1.12. The van der Waals surface area contributed by atoms with Crippen LogP contribution in [0.4, 0.5) is 5.69 Å². The number of nitrogens with two attached hydrogens (primary N) is 1. The van der Waals surface area contributed by atoms with Gasteiger partial charge in [-0.25, -0.2) is 16.8 Å². The fourth-order valence-corrected chi connectivity index (χ4v) is 4.16. The predicted octanol–water partition coefficient (Wildman–Crippen LogP) is 0.0691. The van der Waals surface area contributed by atoms with Crippen molar-refractivity contribution in [3.05, 3.63) is 23.8 Å². The van der Waals surface area contributed by atoms with Gasteiger partial charge in [0.05, 0.1) is 11.2 Å². The van der Waals surface area contributed by atoms with Crippen LogP contribution >= 0.6 is 0 Å². The summed E-state index contributed by atoms with van der Waals surface area (Å²) in [5, 5.41) is 0. The molecule has 0 spiro atoms. The molecule has 0 radical (unpaired) electrons. The van der Waals surface area contributed by atoms with Crippen molar-refractivity contribution >= 4 is 25.7 Å². The molecule has 0 saturated carbocycles. The van der Waals surface area contributed by atoms with Gasteiger partial charge in [0.1, 0.15) is 0 Å². The van der Waals surface area contributed by atoms with Crippen LogP contribution in [0, 0.1) is 0 Å². The lowest BCUT2D eigenvalue weighted by atomic mass is 10.1. The monoisotopic (exact) mass is 278 g/mol. The minimum absolute atomic E-state index is 0.106. The number of hydrogen-bond donors (Lipinski definition) is 2. The summed E-state index contributed by atoms with van der Waals surface area (Å²) < 4.78 is 47.2. The molecule has 0 bridgehead atoms. The summed E-state index contributed by atoms with van der Waals surface area (Å²) in [6, 6.07) is 4.37. The third kappa shape index (κ3) is 3.69. The Morgan fingerprint density at radius 2 is 1.82 bits per heavy atom. The van der Waals surface area contributed by atoms with E-state index in [4.69, 9.17) is 5.73 Å². The first kappa shape index (κ1) is 13.9. The van der Waals surface area contributed by atoms with Gasteiger partial charge in [0.15, 0.2) is 0 Å². The van der Waals surface area contributed by atoms with E-state index in [2.05, 4.69) is 0 Å². The first-order chi connectivity index (χ1) is 7.65. The molecule has 0 fully saturated rings. The average molecular weight is 278 g/mol. The number of nitrogens with one attached hydrogen (secondary N) is 1. The SMILES string of the molecule is CCc1ccc(N)cc1S(=O)(=O)NS(C)(=O)=O. The molecule has 0 heterocycles. The molecule has 8 heteroatoms. The number of benzene rings is 1. The molecule has 1 rings (SSSR count). The van der Waals surface area contributed by atoms with Crippen LogP contribution in [0.1, 0.15) is 12.5 Å². The van der Waals surface area contributed by atoms with Crippen LogP contribution in [0.2, 0.25) is 0 Å². The lowest BCUT2D eigenvalue weighted by Crippen LogP contribution is -2.30. The molecule has 0 atom stereocenters. The van der Waals surface area contributed by atoms with Gasteiger partial charge in [0.2, 0.25) is 10.0 Å². The van der Waals surface area contributed by atoms with Crippen LogP contribution in [-0.4, -0.2) is 23.1 Å². The van der Waals surface area contributed by atoms with Gasteiger partial charge in [0, 0.05) is 5.69 Å². The first-order valence-corrected chi connectivity index (χ1v) is 8.15. The zero-order valence-electron chi connectivity index (χ0n) is 9.47. The Morgan fingerprint density at radius 1 is 1.24 bits per heavy atom. The summed E-state index contributed by atoms with van der Waals surface area (Å²) >= 11 is 0. The second-order valence-electron chi connectivity index (χ2n) is 3.58. The number of rotatable bonds is 4. The summed E-state index contributed by atoms with van der Waals surface area (Å²) in [7, 11) is -7.95. The highest BCUT2D eigenvalue weighted by atomic mass is 32.3. The van der Waals surface area contributed by atoms with E-state index in [0.29, 0.717) is 12.0 Å². The van der Waals surface area contributed by atoms with Crippen LogP contribution in [0.15, 0.2) is 23.1 Å². The van der Waals surface area contributed by atoms with Gasteiger partial charge in [-0.3, -0.25) is 0 Å². The second-order valence-corrected chi connectivity index (χ2v) is 7.24. The molecule has 0 amide bonds. The standard InChI is InChI=1S/C9H14N2O4S2/c1-3-7-4-5-8(10)6-9(7)17(14,15)11-16(2,12)13/h4-6,11H,3,10H2,1-2H3. The van der Waals surface area contributed by atoms with Gasteiger partial charge in [-0.05, 0) is 24.1 Å². The average Bonchev–Trinajstić information content (AvgIpc) is 2.14. The molecule has 1 aromatic carbocycles. The summed E-state index contributed by atoms with van der Waals surface area (Å²) in [6.45, 7) is 1.77. The quantitative estimate of drug-likeness (QED) is 0.758. The van der Waals surface area contributed by atoms with E-state index in [-0.39, 0.29) is 10.6 Å². The van der Waals surface area contributed by atoms with Crippen molar-refractivity contribution in [3.8, 4) is 0 Å². The highest BCUT2D eigenvalue weighted by molar-refractivity contribution is 8.04. The maximum absolute atomic E-state index is 11.8. The fraction of sp³-hybridized carbons (Fsp3) is 0.333. The van der Waals surface area contributed by atoms with Gasteiger partial charge >= 0.3 is 0 Å². The van der Waals surface area contributed by atoms with Gasteiger partial charge in [-0.2, -0.15) is 0 Å². The zero-order chi connectivity index (χ0) is 13.3. The number of nitrogen functional groups attached to an aromatic ring is 1. The zero-order valence-corrected chi connectivity index (χ0v) is 11.1. The van der Waals surface area contributed by atoms with Crippen molar-refractivity contribution < 1.29 is 16.8 Å². The number of aryl methyl sites for hydroxylation is 1. The Balaban J connectivity index is 3.37. The molecule has 96 valence electrons. The van der Waals surface area contributed by atoms with Crippen LogP contribution in [0.25, 0.3) is 0 Å². The second kappa shape index (κ2) is 4.63. The normalized spacial score (nSPS) is 12.6. The maximum atomic E-state index is 11.8. The maximum Gasteiger partial charge on any atom is 0.253 e. The molecule has 1 aromatic rings. The molecule has 0 aromatic heterocycles. The Labute approximate surface area is 101 Å². The lowest BCUT2D eigenvalue weighted by Gasteiger charge is -2.10. The van der Waals surface area contributed by atoms with Gasteiger partial charge in [-0.1, -0.05) is 13.0 Å². The van der Waals surface area contributed by atoms with Crippen molar-refractivity contribution in [1.29, 1.82) is 0 Å². The molecular weight excluding hydrogens is 264 g/mol. The largest absolute Gasteiger partial charge is 0.399 e. The van der Waals surface area contributed by atoms with Crippen LogP contribution in [-0.2, 0) is 26.5 Å². The third-order valence-electron chi connectivity index (χ3n) is 2.02. The summed E-state index contributed by atoms with van der Waals surface area (Å²) in [4.78, 5) is -0.106. The Bertz CT molecular complexity index is 620. The molecular formula is C9H14N2O4S2.